The molecule has 0 nitrogen and oxygen atoms in total. The van der Waals surface area contributed by atoms with Gasteiger partial charge in [-0.2, -0.15) is 23.5 Å². The molecule has 0 rings (SSSR count). The quantitative estimate of drug-likeness (QED) is 0.539. The predicted molar refractivity (Wildman–Crippen MR) is 59.5 cm³/mol. The summed E-state index contributed by atoms with van der Waals surface area (Å²) in [5.74, 6) is 3.94. The molecule has 0 spiro atoms. The zero-order chi connectivity index (χ0) is 8.36. The summed E-state index contributed by atoms with van der Waals surface area (Å²) < 4.78 is 0. The molecule has 0 aromatic rings. The molecule has 0 fully saturated rings. The number of thioether (sulfide) groups is 2. The Labute approximate surface area is 79.9 Å². The molecule has 0 amide bonds. The predicted octanol–water partition coefficient (Wildman–Crippen LogP) is 3.48. The SMILES string of the molecule is CCCSCC[CH]CCSC. The van der Waals surface area contributed by atoms with Gasteiger partial charge in [0.05, 0.1) is 0 Å². The lowest BCUT2D eigenvalue weighted by molar-refractivity contribution is 0.986. The first kappa shape index (κ1) is 11.7. The van der Waals surface area contributed by atoms with Gasteiger partial charge < -0.3 is 0 Å². The molecule has 67 valence electrons. The van der Waals surface area contributed by atoms with Crippen LogP contribution in [-0.2, 0) is 0 Å². The fraction of sp³-hybridized carbons (Fsp3) is 0.889. The number of hydrogen-bond donors (Lipinski definition) is 0. The van der Waals surface area contributed by atoms with Crippen molar-refractivity contribution in [2.24, 2.45) is 0 Å². The molecular weight excluding hydrogens is 172 g/mol. The Balaban J connectivity index is 2.69. The molecule has 0 aromatic carbocycles. The van der Waals surface area contributed by atoms with Crippen LogP contribution in [-0.4, -0.2) is 23.5 Å². The van der Waals surface area contributed by atoms with Crippen molar-refractivity contribution in [3.8, 4) is 0 Å². The Morgan fingerprint density at radius 2 is 1.82 bits per heavy atom. The van der Waals surface area contributed by atoms with Gasteiger partial charge >= 0.3 is 0 Å². The molecule has 0 unspecified atom stereocenters. The summed E-state index contributed by atoms with van der Waals surface area (Å²) in [5, 5.41) is 0. The lowest BCUT2D eigenvalue weighted by Crippen LogP contribution is -1.85. The highest BCUT2D eigenvalue weighted by Crippen LogP contribution is 2.07. The molecule has 0 aliphatic heterocycles. The lowest BCUT2D eigenvalue weighted by atomic mass is 10.3. The third-order valence-corrected chi connectivity index (χ3v) is 3.21. The summed E-state index contributed by atoms with van der Waals surface area (Å²) in [6, 6.07) is 0. The van der Waals surface area contributed by atoms with Crippen molar-refractivity contribution in [3.05, 3.63) is 6.42 Å². The molecule has 1 radical (unpaired) electrons. The fourth-order valence-corrected chi connectivity index (χ4v) is 1.99. The van der Waals surface area contributed by atoms with Crippen molar-refractivity contribution >= 4 is 23.5 Å². The van der Waals surface area contributed by atoms with Crippen LogP contribution in [0.15, 0.2) is 0 Å². The Kier molecular flexibility index (Phi) is 11.4. The van der Waals surface area contributed by atoms with E-state index in [1.165, 1.54) is 36.5 Å². The van der Waals surface area contributed by atoms with Gasteiger partial charge in [-0.05, 0) is 49.2 Å². The number of rotatable bonds is 8. The lowest BCUT2D eigenvalue weighted by Gasteiger charge is -1.98. The van der Waals surface area contributed by atoms with Crippen molar-refractivity contribution in [1.29, 1.82) is 0 Å². The molecule has 2 heteroatoms. The van der Waals surface area contributed by atoms with E-state index >= 15 is 0 Å². The highest BCUT2D eigenvalue weighted by Gasteiger charge is 1.89. The molecule has 0 aromatic heterocycles. The highest BCUT2D eigenvalue weighted by atomic mass is 32.2. The van der Waals surface area contributed by atoms with E-state index in [1.54, 1.807) is 0 Å². The van der Waals surface area contributed by atoms with Crippen LogP contribution >= 0.6 is 23.5 Å². The molecule has 0 aliphatic carbocycles. The average molecular weight is 191 g/mol. The van der Waals surface area contributed by atoms with Crippen molar-refractivity contribution < 1.29 is 0 Å². The van der Waals surface area contributed by atoms with E-state index in [2.05, 4.69) is 31.4 Å². The van der Waals surface area contributed by atoms with E-state index < -0.39 is 0 Å². The second-order valence-electron chi connectivity index (χ2n) is 2.47. The number of unbranched alkanes of at least 4 members (excludes halogenated alkanes) is 2. The van der Waals surface area contributed by atoms with E-state index in [9.17, 15) is 0 Å². The van der Waals surface area contributed by atoms with Crippen LogP contribution in [0.2, 0.25) is 0 Å². The monoisotopic (exact) mass is 191 g/mol. The first-order valence-electron chi connectivity index (χ1n) is 4.30. The average Bonchev–Trinajstić information content (AvgIpc) is 2.03. The standard InChI is InChI=1S/C9H19S2/c1-3-7-11-9-6-4-5-8-10-2/h4H,3,5-9H2,1-2H3. The van der Waals surface area contributed by atoms with Crippen molar-refractivity contribution in [2.45, 2.75) is 26.2 Å². The van der Waals surface area contributed by atoms with Crippen LogP contribution in [0.1, 0.15) is 26.2 Å². The smallest absolute Gasteiger partial charge is 0.00648 e. The summed E-state index contributed by atoms with van der Waals surface area (Å²) in [6.45, 7) is 2.24. The van der Waals surface area contributed by atoms with Crippen molar-refractivity contribution in [1.82, 2.24) is 0 Å². The van der Waals surface area contributed by atoms with E-state index in [1.807, 2.05) is 11.8 Å². The normalized spacial score (nSPS) is 10.4. The fourth-order valence-electron chi connectivity index (χ4n) is 0.759. The van der Waals surface area contributed by atoms with E-state index in [4.69, 9.17) is 0 Å². The Morgan fingerprint density at radius 3 is 2.45 bits per heavy atom. The Bertz CT molecular complexity index is 56.6. The minimum atomic E-state index is 1.29. The summed E-state index contributed by atoms with van der Waals surface area (Å²) in [5.41, 5.74) is 0. The minimum absolute atomic E-state index is 1.29. The van der Waals surface area contributed by atoms with Crippen LogP contribution in [0.5, 0.6) is 0 Å². The van der Waals surface area contributed by atoms with E-state index in [0.717, 1.165) is 0 Å². The van der Waals surface area contributed by atoms with Crippen LogP contribution in [0, 0.1) is 6.42 Å². The molecule has 0 atom stereocenters. The first-order valence-corrected chi connectivity index (χ1v) is 6.85. The Morgan fingerprint density at radius 1 is 1.09 bits per heavy atom. The van der Waals surface area contributed by atoms with Crippen molar-refractivity contribution in [2.75, 3.05) is 23.5 Å². The van der Waals surface area contributed by atoms with E-state index in [-0.39, 0.29) is 0 Å². The van der Waals surface area contributed by atoms with Gasteiger partial charge in [0, 0.05) is 0 Å². The Hall–Kier alpha value is 0.700. The largest absolute Gasteiger partial charge is 0.165 e. The highest BCUT2D eigenvalue weighted by molar-refractivity contribution is 7.99. The van der Waals surface area contributed by atoms with Gasteiger partial charge in [-0.1, -0.05) is 6.92 Å². The van der Waals surface area contributed by atoms with Crippen LogP contribution in [0.25, 0.3) is 0 Å². The second-order valence-corrected chi connectivity index (χ2v) is 4.68. The van der Waals surface area contributed by atoms with Gasteiger partial charge in [0.25, 0.3) is 0 Å². The maximum absolute atomic E-state index is 2.42. The summed E-state index contributed by atoms with van der Waals surface area (Å²) >= 11 is 4.01. The van der Waals surface area contributed by atoms with Gasteiger partial charge in [-0.3, -0.25) is 0 Å². The number of hydrogen-bond acceptors (Lipinski definition) is 2. The molecule has 0 heterocycles. The third kappa shape index (κ3) is 10.7. The van der Waals surface area contributed by atoms with Crippen LogP contribution in [0.3, 0.4) is 0 Å². The first-order chi connectivity index (χ1) is 5.41. The molecule has 0 bridgehead atoms. The second kappa shape index (κ2) is 10.7. The minimum Gasteiger partial charge on any atom is -0.165 e. The van der Waals surface area contributed by atoms with Crippen LogP contribution < -0.4 is 0 Å². The van der Waals surface area contributed by atoms with Gasteiger partial charge in [0.2, 0.25) is 0 Å². The van der Waals surface area contributed by atoms with Gasteiger partial charge in [-0.25, -0.2) is 0 Å². The molecule has 0 saturated carbocycles. The molecule has 0 N–H and O–H groups in total. The molecular formula is C9H19S2. The summed E-state index contributed by atoms with van der Waals surface area (Å²) in [7, 11) is 0. The summed E-state index contributed by atoms with van der Waals surface area (Å²) in [6.07, 6.45) is 8.48. The summed E-state index contributed by atoms with van der Waals surface area (Å²) in [4.78, 5) is 0. The molecule has 11 heavy (non-hydrogen) atoms. The van der Waals surface area contributed by atoms with Gasteiger partial charge in [0.15, 0.2) is 0 Å². The van der Waals surface area contributed by atoms with Crippen LogP contribution in [0.4, 0.5) is 0 Å². The van der Waals surface area contributed by atoms with Gasteiger partial charge in [-0.15, -0.1) is 0 Å². The maximum atomic E-state index is 2.42. The third-order valence-electron chi connectivity index (χ3n) is 1.34. The molecule has 0 saturated heterocycles. The van der Waals surface area contributed by atoms with E-state index in [0.29, 0.717) is 0 Å². The topological polar surface area (TPSA) is 0 Å². The van der Waals surface area contributed by atoms with Gasteiger partial charge in [0.1, 0.15) is 0 Å². The zero-order valence-electron chi connectivity index (χ0n) is 7.64. The molecule has 0 aliphatic rings. The zero-order valence-corrected chi connectivity index (χ0v) is 9.27. The van der Waals surface area contributed by atoms with Crippen molar-refractivity contribution in [3.63, 3.8) is 0 Å². The maximum Gasteiger partial charge on any atom is -0.00648 e.